The smallest absolute Gasteiger partial charge is 0.289 e. The summed E-state index contributed by atoms with van der Waals surface area (Å²) in [6, 6.07) is 14.2. The fraction of sp³-hybridized carbons (Fsp3) is 0.217. The van der Waals surface area contributed by atoms with Gasteiger partial charge in [-0.15, -0.1) is 10.2 Å². The SMILES string of the molecule is O=C(CSc1nnc(-c2ccco2)n1-c1ccccc1Cl)N1CCN(C(=O)c2ccco2)CC1. The quantitative estimate of drug-likeness (QED) is 0.373. The fourth-order valence-corrected chi connectivity index (χ4v) is 4.78. The lowest BCUT2D eigenvalue weighted by Gasteiger charge is -2.34. The molecule has 1 aliphatic rings. The highest BCUT2D eigenvalue weighted by Gasteiger charge is 2.27. The predicted molar refractivity (Wildman–Crippen MR) is 126 cm³/mol. The summed E-state index contributed by atoms with van der Waals surface area (Å²) in [6.07, 6.45) is 3.04. The normalized spacial score (nSPS) is 13.9. The van der Waals surface area contributed by atoms with Crippen LogP contribution in [0.25, 0.3) is 17.3 Å². The zero-order valence-electron chi connectivity index (χ0n) is 18.0. The van der Waals surface area contributed by atoms with Gasteiger partial charge in [-0.3, -0.25) is 14.2 Å². The number of aromatic nitrogens is 3. The number of carbonyl (C=O) groups is 2. The van der Waals surface area contributed by atoms with E-state index in [-0.39, 0.29) is 17.6 Å². The Morgan fingerprint density at radius 3 is 2.35 bits per heavy atom. The topological polar surface area (TPSA) is 97.6 Å². The Morgan fingerprint density at radius 1 is 0.912 bits per heavy atom. The van der Waals surface area contributed by atoms with Crippen LogP contribution >= 0.6 is 23.4 Å². The third-order valence-electron chi connectivity index (χ3n) is 5.44. The van der Waals surface area contributed by atoms with E-state index in [1.54, 1.807) is 51.0 Å². The number of thioether (sulfide) groups is 1. The van der Waals surface area contributed by atoms with Gasteiger partial charge in [-0.05, 0) is 36.4 Å². The van der Waals surface area contributed by atoms with Gasteiger partial charge in [0.1, 0.15) is 0 Å². The maximum atomic E-state index is 12.9. The summed E-state index contributed by atoms with van der Waals surface area (Å²) in [6.45, 7) is 1.82. The fourth-order valence-electron chi connectivity index (χ4n) is 3.71. The highest BCUT2D eigenvalue weighted by atomic mass is 35.5. The summed E-state index contributed by atoms with van der Waals surface area (Å²) < 4.78 is 12.5. The zero-order valence-corrected chi connectivity index (χ0v) is 19.5. The Kier molecular flexibility index (Phi) is 6.41. The first-order chi connectivity index (χ1) is 16.6. The minimum atomic E-state index is -0.162. The Hall–Kier alpha value is -3.50. The molecule has 0 bridgehead atoms. The number of benzene rings is 1. The maximum Gasteiger partial charge on any atom is 0.289 e. The molecule has 0 N–H and O–H groups in total. The van der Waals surface area contributed by atoms with Gasteiger partial charge in [-0.2, -0.15) is 0 Å². The molecule has 5 rings (SSSR count). The van der Waals surface area contributed by atoms with Gasteiger partial charge in [0.15, 0.2) is 16.7 Å². The number of hydrogen-bond acceptors (Lipinski definition) is 7. The second-order valence-electron chi connectivity index (χ2n) is 7.51. The van der Waals surface area contributed by atoms with Gasteiger partial charge in [-0.1, -0.05) is 35.5 Å². The first-order valence-electron chi connectivity index (χ1n) is 10.6. The van der Waals surface area contributed by atoms with Gasteiger partial charge in [-0.25, -0.2) is 0 Å². The lowest BCUT2D eigenvalue weighted by molar-refractivity contribution is -0.129. The number of hydrogen-bond donors (Lipinski definition) is 0. The van der Waals surface area contributed by atoms with Crippen molar-refractivity contribution in [3.8, 4) is 17.3 Å². The van der Waals surface area contributed by atoms with E-state index in [1.807, 2.05) is 18.2 Å². The monoisotopic (exact) mass is 497 g/mol. The molecule has 3 aromatic heterocycles. The van der Waals surface area contributed by atoms with Crippen molar-refractivity contribution < 1.29 is 18.4 Å². The molecule has 4 heterocycles. The van der Waals surface area contributed by atoms with Gasteiger partial charge < -0.3 is 18.6 Å². The average Bonchev–Trinajstić information content (AvgIpc) is 3.64. The van der Waals surface area contributed by atoms with Gasteiger partial charge in [0, 0.05) is 26.2 Å². The highest BCUT2D eigenvalue weighted by molar-refractivity contribution is 7.99. The summed E-state index contributed by atoms with van der Waals surface area (Å²) in [5.74, 6) is 1.32. The van der Waals surface area contributed by atoms with Crippen LogP contribution in [0.5, 0.6) is 0 Å². The Balaban J connectivity index is 1.27. The van der Waals surface area contributed by atoms with Crippen LogP contribution in [0.1, 0.15) is 10.6 Å². The summed E-state index contributed by atoms with van der Waals surface area (Å²) in [7, 11) is 0. The summed E-state index contributed by atoms with van der Waals surface area (Å²) >= 11 is 7.73. The third-order valence-corrected chi connectivity index (χ3v) is 6.68. The molecule has 0 unspecified atom stereocenters. The molecule has 1 aromatic carbocycles. The number of piperazine rings is 1. The van der Waals surface area contributed by atoms with E-state index in [9.17, 15) is 9.59 Å². The number of nitrogens with zero attached hydrogens (tertiary/aromatic N) is 5. The summed E-state index contributed by atoms with van der Waals surface area (Å²) in [4.78, 5) is 28.8. The van der Waals surface area contributed by atoms with Gasteiger partial charge in [0.05, 0.1) is 29.0 Å². The molecule has 2 amide bonds. The van der Waals surface area contributed by atoms with Crippen LogP contribution in [-0.2, 0) is 4.79 Å². The van der Waals surface area contributed by atoms with Crippen molar-refractivity contribution in [1.29, 1.82) is 0 Å². The number of rotatable bonds is 6. The predicted octanol–water partition coefficient (Wildman–Crippen LogP) is 3.85. The molecule has 0 atom stereocenters. The molecule has 0 aliphatic carbocycles. The molecular weight excluding hydrogens is 478 g/mol. The van der Waals surface area contributed by atoms with Gasteiger partial charge in [0.2, 0.25) is 11.7 Å². The summed E-state index contributed by atoms with van der Waals surface area (Å²) in [5, 5.41) is 9.63. The number of furan rings is 2. The van der Waals surface area contributed by atoms with Crippen LogP contribution in [0, 0.1) is 0 Å². The first-order valence-corrected chi connectivity index (χ1v) is 12.0. The average molecular weight is 498 g/mol. The van der Waals surface area contributed by atoms with Crippen molar-refractivity contribution in [3.63, 3.8) is 0 Å². The lowest BCUT2D eigenvalue weighted by Crippen LogP contribution is -2.51. The second-order valence-corrected chi connectivity index (χ2v) is 8.86. The van der Waals surface area contributed by atoms with E-state index >= 15 is 0 Å². The Labute approximate surface area is 204 Å². The number of carbonyl (C=O) groups excluding carboxylic acids is 2. The van der Waals surface area contributed by atoms with E-state index in [0.717, 1.165) is 0 Å². The zero-order chi connectivity index (χ0) is 23.5. The molecule has 34 heavy (non-hydrogen) atoms. The molecule has 1 saturated heterocycles. The molecule has 0 saturated carbocycles. The van der Waals surface area contributed by atoms with Crippen molar-refractivity contribution in [2.75, 3.05) is 31.9 Å². The molecule has 9 nitrogen and oxygen atoms in total. The molecule has 1 fully saturated rings. The van der Waals surface area contributed by atoms with Crippen LogP contribution in [0.15, 0.2) is 75.0 Å². The highest BCUT2D eigenvalue weighted by Crippen LogP contribution is 2.31. The molecule has 0 radical (unpaired) electrons. The molecule has 174 valence electrons. The van der Waals surface area contributed by atoms with Crippen LogP contribution in [-0.4, -0.2) is 68.3 Å². The minimum absolute atomic E-state index is 0.0386. The first kappa shape index (κ1) is 22.3. The van der Waals surface area contributed by atoms with Crippen molar-refractivity contribution in [2.45, 2.75) is 5.16 Å². The van der Waals surface area contributed by atoms with Gasteiger partial charge >= 0.3 is 0 Å². The standard InChI is InChI=1S/C23H20ClN5O4S/c24-16-5-1-2-6-17(16)29-21(18-7-3-13-32-18)25-26-23(29)34-15-20(30)27-9-11-28(12-10-27)22(31)19-8-4-14-33-19/h1-8,13-14H,9-12,15H2. The Bertz CT molecular complexity index is 1280. The van der Waals surface area contributed by atoms with Gasteiger partial charge in [0.25, 0.3) is 5.91 Å². The van der Waals surface area contributed by atoms with Crippen molar-refractivity contribution in [1.82, 2.24) is 24.6 Å². The van der Waals surface area contributed by atoms with Crippen LogP contribution in [0.2, 0.25) is 5.02 Å². The van der Waals surface area contributed by atoms with Crippen LogP contribution < -0.4 is 0 Å². The summed E-state index contributed by atoms with van der Waals surface area (Å²) in [5.41, 5.74) is 0.695. The molecule has 11 heteroatoms. The van der Waals surface area contributed by atoms with Crippen LogP contribution in [0.3, 0.4) is 0 Å². The molecular formula is C23H20ClN5O4S. The number of amides is 2. The van der Waals surface area contributed by atoms with E-state index < -0.39 is 0 Å². The van der Waals surface area contributed by atoms with Crippen LogP contribution in [0.4, 0.5) is 0 Å². The minimum Gasteiger partial charge on any atom is -0.461 e. The van der Waals surface area contributed by atoms with E-state index in [1.165, 1.54) is 18.0 Å². The van der Waals surface area contributed by atoms with Crippen molar-refractivity contribution >= 4 is 35.2 Å². The maximum absolute atomic E-state index is 12.9. The second kappa shape index (κ2) is 9.78. The molecule has 0 spiro atoms. The number of halogens is 1. The molecule has 1 aliphatic heterocycles. The van der Waals surface area contributed by atoms with Crippen molar-refractivity contribution in [2.24, 2.45) is 0 Å². The lowest BCUT2D eigenvalue weighted by atomic mass is 10.3. The largest absolute Gasteiger partial charge is 0.461 e. The van der Waals surface area contributed by atoms with E-state index in [0.29, 0.717) is 59.4 Å². The molecule has 4 aromatic rings. The third kappa shape index (κ3) is 4.46. The van der Waals surface area contributed by atoms with E-state index in [4.69, 9.17) is 20.4 Å². The van der Waals surface area contributed by atoms with E-state index in [2.05, 4.69) is 10.2 Å². The number of para-hydroxylation sites is 1. The Morgan fingerprint density at radius 2 is 1.65 bits per heavy atom. The van der Waals surface area contributed by atoms with Crippen molar-refractivity contribution in [3.05, 3.63) is 71.8 Å².